The van der Waals surface area contributed by atoms with Crippen LogP contribution in [0.4, 0.5) is 0 Å². The third-order valence-corrected chi connectivity index (χ3v) is 3.43. The number of primary amides is 1. The van der Waals surface area contributed by atoms with Gasteiger partial charge in [0.1, 0.15) is 0 Å². The van der Waals surface area contributed by atoms with Crippen LogP contribution in [0, 0.1) is 0 Å². The van der Waals surface area contributed by atoms with Gasteiger partial charge in [0.2, 0.25) is 0 Å². The zero-order valence-corrected chi connectivity index (χ0v) is 9.78. The number of amides is 1. The first-order valence-electron chi connectivity index (χ1n) is 5.20. The summed E-state index contributed by atoms with van der Waals surface area (Å²) in [7, 11) is 0. The van der Waals surface area contributed by atoms with Crippen molar-refractivity contribution in [3.8, 4) is 5.69 Å². The summed E-state index contributed by atoms with van der Waals surface area (Å²) < 4.78 is 1.99. The van der Waals surface area contributed by atoms with Crippen molar-refractivity contribution in [2.24, 2.45) is 5.73 Å². The fraction of sp³-hybridized carbons (Fsp3) is 0. The largest absolute Gasteiger partial charge is 0.366 e. The molecule has 2 N–H and O–H groups in total. The summed E-state index contributed by atoms with van der Waals surface area (Å²) in [5.74, 6) is -0.397. The summed E-state index contributed by atoms with van der Waals surface area (Å²) >= 11 is 1.62. The van der Waals surface area contributed by atoms with Gasteiger partial charge in [-0.1, -0.05) is 12.1 Å². The number of carbonyl (C=O) groups excluding carboxylic acids is 1. The second kappa shape index (κ2) is 3.75. The minimum absolute atomic E-state index is 0.397. The Labute approximate surface area is 102 Å². The van der Waals surface area contributed by atoms with Crippen LogP contribution >= 0.6 is 11.3 Å². The van der Waals surface area contributed by atoms with Crippen LogP contribution in [0.3, 0.4) is 0 Å². The molecule has 0 atom stereocenters. The topological polar surface area (TPSA) is 48.0 Å². The number of benzene rings is 1. The Morgan fingerprint density at radius 1 is 1.24 bits per heavy atom. The maximum Gasteiger partial charge on any atom is 0.250 e. The van der Waals surface area contributed by atoms with Crippen molar-refractivity contribution >= 4 is 28.1 Å². The highest BCUT2D eigenvalue weighted by Crippen LogP contribution is 2.24. The zero-order valence-electron chi connectivity index (χ0n) is 8.96. The molecule has 0 spiro atoms. The normalized spacial score (nSPS) is 10.8. The van der Waals surface area contributed by atoms with Crippen LogP contribution in [0.15, 0.2) is 47.3 Å². The van der Waals surface area contributed by atoms with Gasteiger partial charge in [-0.2, -0.15) is 11.3 Å². The van der Waals surface area contributed by atoms with Gasteiger partial charge in [-0.05, 0) is 23.6 Å². The van der Waals surface area contributed by atoms with E-state index < -0.39 is 5.91 Å². The molecular formula is C13H10N2OS. The van der Waals surface area contributed by atoms with E-state index in [4.69, 9.17) is 5.73 Å². The maximum atomic E-state index is 11.4. The molecular weight excluding hydrogens is 232 g/mol. The van der Waals surface area contributed by atoms with Crippen LogP contribution in [0.1, 0.15) is 10.4 Å². The molecule has 4 heteroatoms. The number of aromatic nitrogens is 1. The first kappa shape index (κ1) is 10.1. The van der Waals surface area contributed by atoms with Crippen molar-refractivity contribution in [3.05, 3.63) is 52.9 Å². The molecule has 0 aliphatic rings. The first-order valence-corrected chi connectivity index (χ1v) is 6.14. The van der Waals surface area contributed by atoms with E-state index in [0.717, 1.165) is 16.6 Å². The lowest BCUT2D eigenvalue weighted by atomic mass is 10.1. The molecule has 0 saturated heterocycles. The van der Waals surface area contributed by atoms with E-state index in [1.807, 2.05) is 45.8 Å². The van der Waals surface area contributed by atoms with Crippen molar-refractivity contribution in [3.63, 3.8) is 0 Å². The number of nitrogens with two attached hydrogens (primary N) is 1. The molecule has 2 heterocycles. The molecule has 17 heavy (non-hydrogen) atoms. The average molecular weight is 242 g/mol. The second-order valence-electron chi connectivity index (χ2n) is 3.77. The van der Waals surface area contributed by atoms with Crippen molar-refractivity contribution in [1.29, 1.82) is 0 Å². The van der Waals surface area contributed by atoms with E-state index in [9.17, 15) is 4.79 Å². The second-order valence-corrected chi connectivity index (χ2v) is 4.55. The fourth-order valence-electron chi connectivity index (χ4n) is 2.00. The molecule has 2 aromatic heterocycles. The Morgan fingerprint density at radius 3 is 2.82 bits per heavy atom. The van der Waals surface area contributed by atoms with Gasteiger partial charge in [-0.3, -0.25) is 4.79 Å². The number of carbonyl (C=O) groups is 1. The number of para-hydroxylation sites is 1. The molecule has 3 rings (SSSR count). The molecule has 1 amide bonds. The molecule has 84 valence electrons. The smallest absolute Gasteiger partial charge is 0.250 e. The van der Waals surface area contributed by atoms with Gasteiger partial charge < -0.3 is 10.3 Å². The highest BCUT2D eigenvalue weighted by molar-refractivity contribution is 7.08. The molecule has 0 aliphatic heterocycles. The third kappa shape index (κ3) is 1.54. The van der Waals surface area contributed by atoms with Crippen LogP contribution in [0.2, 0.25) is 0 Å². The van der Waals surface area contributed by atoms with Gasteiger partial charge in [0, 0.05) is 17.0 Å². The molecule has 0 saturated carbocycles. The molecule has 0 bridgehead atoms. The van der Waals surface area contributed by atoms with Crippen LogP contribution in [0.5, 0.6) is 0 Å². The lowest BCUT2D eigenvalue weighted by Gasteiger charge is -2.05. The zero-order chi connectivity index (χ0) is 11.8. The number of hydrogen-bond acceptors (Lipinski definition) is 2. The lowest BCUT2D eigenvalue weighted by Crippen LogP contribution is -2.12. The van der Waals surface area contributed by atoms with Gasteiger partial charge in [0.25, 0.3) is 5.91 Å². The van der Waals surface area contributed by atoms with E-state index in [-0.39, 0.29) is 0 Å². The molecule has 0 radical (unpaired) electrons. The molecule has 0 fully saturated rings. The number of rotatable bonds is 2. The lowest BCUT2D eigenvalue weighted by molar-refractivity contribution is 0.100. The van der Waals surface area contributed by atoms with Crippen molar-refractivity contribution in [2.45, 2.75) is 0 Å². The Hall–Kier alpha value is -2.07. The summed E-state index contributed by atoms with van der Waals surface area (Å²) in [5.41, 5.74) is 7.89. The summed E-state index contributed by atoms with van der Waals surface area (Å²) in [6.45, 7) is 0. The highest BCUT2D eigenvalue weighted by atomic mass is 32.1. The number of hydrogen-bond donors (Lipinski definition) is 1. The van der Waals surface area contributed by atoms with Crippen LogP contribution in [0.25, 0.3) is 16.6 Å². The van der Waals surface area contributed by atoms with Gasteiger partial charge in [-0.25, -0.2) is 0 Å². The maximum absolute atomic E-state index is 11.4. The average Bonchev–Trinajstić information content (AvgIpc) is 2.96. The molecule has 0 aliphatic carbocycles. The number of thiophene rings is 1. The summed E-state index contributed by atoms with van der Waals surface area (Å²) in [6.07, 6.45) is 1.96. The fourth-order valence-corrected chi connectivity index (χ4v) is 2.63. The molecule has 0 unspecified atom stereocenters. The number of nitrogens with zero attached hydrogens (tertiary/aromatic N) is 1. The summed E-state index contributed by atoms with van der Waals surface area (Å²) in [5, 5.41) is 5.07. The van der Waals surface area contributed by atoms with Gasteiger partial charge in [0.15, 0.2) is 0 Å². The van der Waals surface area contributed by atoms with Gasteiger partial charge in [-0.15, -0.1) is 0 Å². The van der Waals surface area contributed by atoms with E-state index in [1.54, 1.807) is 17.4 Å². The molecule has 1 aromatic carbocycles. The van der Waals surface area contributed by atoms with Gasteiger partial charge >= 0.3 is 0 Å². The standard InChI is InChI=1S/C13H10N2OS/c14-13(16)11-3-1-2-9-4-6-15(12(9)11)10-5-7-17-8-10/h1-8H,(H2,14,16). The van der Waals surface area contributed by atoms with E-state index in [2.05, 4.69) is 0 Å². The highest BCUT2D eigenvalue weighted by Gasteiger charge is 2.11. The SMILES string of the molecule is NC(=O)c1cccc2ccn(-c3ccsc3)c12. The monoisotopic (exact) mass is 242 g/mol. The molecule has 3 nitrogen and oxygen atoms in total. The van der Waals surface area contributed by atoms with Gasteiger partial charge in [0.05, 0.1) is 16.8 Å². The van der Waals surface area contributed by atoms with E-state index in [1.165, 1.54) is 0 Å². The Balaban J connectivity index is 2.37. The Morgan fingerprint density at radius 2 is 2.12 bits per heavy atom. The predicted octanol–water partition coefficient (Wildman–Crippen LogP) is 2.79. The minimum Gasteiger partial charge on any atom is -0.366 e. The summed E-state index contributed by atoms with van der Waals surface area (Å²) in [4.78, 5) is 11.4. The van der Waals surface area contributed by atoms with E-state index >= 15 is 0 Å². The summed E-state index contributed by atoms with van der Waals surface area (Å²) in [6, 6.07) is 9.58. The third-order valence-electron chi connectivity index (χ3n) is 2.76. The van der Waals surface area contributed by atoms with Crippen molar-refractivity contribution in [1.82, 2.24) is 4.57 Å². The van der Waals surface area contributed by atoms with Crippen LogP contribution in [-0.2, 0) is 0 Å². The molecule has 3 aromatic rings. The quantitative estimate of drug-likeness (QED) is 0.738. The van der Waals surface area contributed by atoms with Crippen molar-refractivity contribution in [2.75, 3.05) is 0 Å². The van der Waals surface area contributed by atoms with Crippen LogP contribution < -0.4 is 5.73 Å². The minimum atomic E-state index is -0.397. The number of fused-ring (bicyclic) bond motifs is 1. The van der Waals surface area contributed by atoms with Crippen molar-refractivity contribution < 1.29 is 4.79 Å². The van der Waals surface area contributed by atoms with Crippen LogP contribution in [-0.4, -0.2) is 10.5 Å². The Kier molecular flexibility index (Phi) is 2.23. The predicted molar refractivity (Wildman–Crippen MR) is 69.7 cm³/mol. The van der Waals surface area contributed by atoms with E-state index in [0.29, 0.717) is 5.56 Å². The Bertz CT molecular complexity index is 683. The first-order chi connectivity index (χ1) is 8.27.